The molecule has 0 aliphatic rings. The number of benzene rings is 3. The molecule has 0 saturated carbocycles. The van der Waals surface area contributed by atoms with Crippen molar-refractivity contribution >= 4 is 58.3 Å². The van der Waals surface area contributed by atoms with Crippen LogP contribution >= 0.6 is 23.2 Å². The fraction of sp³-hybridized carbons (Fsp3) is 0.0667. The summed E-state index contributed by atoms with van der Waals surface area (Å²) in [4.78, 5) is 39.3. The Morgan fingerprint density at radius 1 is 0.974 bits per heavy atom. The average Bonchev–Trinajstić information content (AvgIpc) is 3.37. The SMILES string of the molecule is COc1nc(C(=O)Nc2cccc(-c3cccc4c3ccn4Cc3ccc(C=O)cc3)c2Cl)c(Cl)cc1C=O. The van der Waals surface area contributed by atoms with Crippen molar-refractivity contribution in [2.45, 2.75) is 6.54 Å². The van der Waals surface area contributed by atoms with Crippen molar-refractivity contribution in [2.75, 3.05) is 12.4 Å². The van der Waals surface area contributed by atoms with Crippen molar-refractivity contribution in [3.05, 3.63) is 111 Å². The average molecular weight is 558 g/mol. The van der Waals surface area contributed by atoms with Gasteiger partial charge in [-0.15, -0.1) is 0 Å². The zero-order chi connectivity index (χ0) is 27.5. The number of halogens is 2. The molecule has 0 spiro atoms. The molecular formula is C30H21Cl2N3O4. The van der Waals surface area contributed by atoms with Gasteiger partial charge in [-0.05, 0) is 35.4 Å². The Kier molecular flexibility index (Phi) is 7.45. The van der Waals surface area contributed by atoms with Crippen LogP contribution in [-0.4, -0.2) is 35.1 Å². The molecule has 0 unspecified atom stereocenters. The number of aldehydes is 2. The molecular weight excluding hydrogens is 537 g/mol. The predicted octanol–water partition coefficient (Wildman–Crippen LogP) is 6.94. The Labute approximate surface area is 234 Å². The third kappa shape index (κ3) is 5.14. The number of ether oxygens (including phenoxy) is 1. The number of rotatable bonds is 8. The minimum atomic E-state index is -0.597. The van der Waals surface area contributed by atoms with Gasteiger partial charge >= 0.3 is 0 Å². The molecule has 1 N–H and O–H groups in total. The number of fused-ring (bicyclic) bond motifs is 1. The maximum absolute atomic E-state index is 13.0. The number of hydrogen-bond donors (Lipinski definition) is 1. The number of nitrogens with one attached hydrogen (secondary N) is 1. The number of anilines is 1. The van der Waals surface area contributed by atoms with E-state index in [0.717, 1.165) is 33.9 Å². The van der Waals surface area contributed by atoms with Gasteiger partial charge in [0.2, 0.25) is 5.88 Å². The lowest BCUT2D eigenvalue weighted by atomic mass is 10.0. The number of aromatic nitrogens is 2. The second-order valence-electron chi connectivity index (χ2n) is 8.70. The van der Waals surface area contributed by atoms with Crippen molar-refractivity contribution in [2.24, 2.45) is 0 Å². The van der Waals surface area contributed by atoms with E-state index in [9.17, 15) is 14.4 Å². The lowest BCUT2D eigenvalue weighted by Crippen LogP contribution is -2.16. The van der Waals surface area contributed by atoms with Crippen molar-refractivity contribution < 1.29 is 19.1 Å². The van der Waals surface area contributed by atoms with E-state index < -0.39 is 5.91 Å². The largest absolute Gasteiger partial charge is 0.480 e. The number of hydrogen-bond acceptors (Lipinski definition) is 5. The standard InChI is InChI=1S/C30H21Cl2N3O4/c1-39-30-20(17-37)14-24(31)28(34-30)29(38)33-25-6-2-5-23(27(25)32)21-4-3-7-26-22(21)12-13-35(26)15-18-8-10-19(16-36)11-9-18/h2-14,16-17H,15H2,1H3,(H,33,38). The van der Waals surface area contributed by atoms with Gasteiger partial charge < -0.3 is 14.6 Å². The summed E-state index contributed by atoms with van der Waals surface area (Å²) >= 11 is 13.0. The Bertz CT molecular complexity index is 1730. The molecule has 0 aliphatic carbocycles. The first kappa shape index (κ1) is 26.2. The Morgan fingerprint density at radius 2 is 1.72 bits per heavy atom. The Morgan fingerprint density at radius 3 is 2.44 bits per heavy atom. The Balaban J connectivity index is 1.47. The highest BCUT2D eigenvalue weighted by Crippen LogP contribution is 2.38. The number of methoxy groups -OCH3 is 1. The molecule has 7 nitrogen and oxygen atoms in total. The number of amides is 1. The first-order valence-corrected chi connectivity index (χ1v) is 12.6. The van der Waals surface area contributed by atoms with Crippen LogP contribution in [0.4, 0.5) is 5.69 Å². The molecule has 0 bridgehead atoms. The normalized spacial score (nSPS) is 10.8. The minimum absolute atomic E-state index is 0.00438. The summed E-state index contributed by atoms with van der Waals surface area (Å²) in [7, 11) is 1.35. The minimum Gasteiger partial charge on any atom is -0.480 e. The smallest absolute Gasteiger partial charge is 0.276 e. The van der Waals surface area contributed by atoms with Gasteiger partial charge in [-0.2, -0.15) is 0 Å². The third-order valence-corrected chi connectivity index (χ3v) is 7.02. The summed E-state index contributed by atoms with van der Waals surface area (Å²) in [6, 6.07) is 22.1. The third-order valence-electron chi connectivity index (χ3n) is 6.32. The van der Waals surface area contributed by atoms with Crippen molar-refractivity contribution in [3.63, 3.8) is 0 Å². The quantitative estimate of drug-likeness (QED) is 0.208. The molecule has 0 radical (unpaired) electrons. The van der Waals surface area contributed by atoms with E-state index in [2.05, 4.69) is 14.9 Å². The molecule has 194 valence electrons. The van der Waals surface area contributed by atoms with E-state index in [4.69, 9.17) is 27.9 Å². The molecule has 0 atom stereocenters. The van der Waals surface area contributed by atoms with Gasteiger partial charge in [0.15, 0.2) is 12.0 Å². The van der Waals surface area contributed by atoms with Gasteiger partial charge in [0.05, 0.1) is 28.4 Å². The maximum atomic E-state index is 13.0. The van der Waals surface area contributed by atoms with Gasteiger partial charge in [-0.3, -0.25) is 14.4 Å². The van der Waals surface area contributed by atoms with Crippen LogP contribution in [0.1, 0.15) is 36.8 Å². The molecule has 0 fully saturated rings. The van der Waals surface area contributed by atoms with Crippen LogP contribution in [0.15, 0.2) is 79.0 Å². The lowest BCUT2D eigenvalue weighted by molar-refractivity contribution is 0.101. The van der Waals surface area contributed by atoms with Crippen LogP contribution < -0.4 is 10.1 Å². The molecule has 3 aromatic carbocycles. The highest BCUT2D eigenvalue weighted by atomic mass is 35.5. The van der Waals surface area contributed by atoms with Crippen LogP contribution in [-0.2, 0) is 6.54 Å². The van der Waals surface area contributed by atoms with Gasteiger partial charge in [0, 0.05) is 34.8 Å². The summed E-state index contributed by atoms with van der Waals surface area (Å²) in [6.07, 6.45) is 3.38. The summed E-state index contributed by atoms with van der Waals surface area (Å²) in [6.45, 7) is 0.635. The van der Waals surface area contributed by atoms with Crippen LogP contribution in [0.25, 0.3) is 22.0 Å². The fourth-order valence-corrected chi connectivity index (χ4v) is 4.93. The first-order chi connectivity index (χ1) is 18.9. The first-order valence-electron chi connectivity index (χ1n) is 11.9. The molecule has 0 saturated heterocycles. The van der Waals surface area contributed by atoms with E-state index >= 15 is 0 Å². The highest BCUT2D eigenvalue weighted by Gasteiger charge is 2.20. The van der Waals surface area contributed by atoms with Crippen LogP contribution in [0.5, 0.6) is 5.88 Å². The number of carbonyl (C=O) groups excluding carboxylic acids is 3. The van der Waals surface area contributed by atoms with Gasteiger partial charge in [0.1, 0.15) is 6.29 Å². The second-order valence-corrected chi connectivity index (χ2v) is 9.48. The van der Waals surface area contributed by atoms with Crippen LogP contribution in [0.3, 0.4) is 0 Å². The summed E-state index contributed by atoms with van der Waals surface area (Å²) in [5, 5.41) is 4.12. The van der Waals surface area contributed by atoms with Crippen LogP contribution in [0.2, 0.25) is 10.0 Å². The van der Waals surface area contributed by atoms with Crippen molar-refractivity contribution in [1.82, 2.24) is 9.55 Å². The molecule has 2 aromatic heterocycles. The molecule has 5 aromatic rings. The molecule has 1 amide bonds. The highest BCUT2D eigenvalue weighted by molar-refractivity contribution is 6.38. The van der Waals surface area contributed by atoms with Gasteiger partial charge in [-0.25, -0.2) is 4.98 Å². The van der Waals surface area contributed by atoms with Gasteiger partial charge in [-0.1, -0.05) is 71.7 Å². The van der Waals surface area contributed by atoms with Gasteiger partial charge in [0.25, 0.3) is 5.91 Å². The lowest BCUT2D eigenvalue weighted by Gasteiger charge is -2.13. The van der Waals surface area contributed by atoms with E-state index in [1.165, 1.54) is 13.2 Å². The second kappa shape index (κ2) is 11.1. The number of pyridine rings is 1. The van der Waals surface area contributed by atoms with E-state index in [1.54, 1.807) is 24.3 Å². The van der Waals surface area contributed by atoms with E-state index in [0.29, 0.717) is 29.1 Å². The summed E-state index contributed by atoms with van der Waals surface area (Å²) in [5.41, 5.74) is 4.76. The fourth-order valence-electron chi connectivity index (χ4n) is 4.41. The monoisotopic (exact) mass is 557 g/mol. The number of carbonyl (C=O) groups is 3. The number of nitrogens with zero attached hydrogens (tertiary/aromatic N) is 2. The molecule has 2 heterocycles. The molecule has 39 heavy (non-hydrogen) atoms. The molecule has 9 heteroatoms. The topological polar surface area (TPSA) is 90.3 Å². The predicted molar refractivity (Wildman–Crippen MR) is 152 cm³/mol. The molecule has 0 aliphatic heterocycles. The van der Waals surface area contributed by atoms with Crippen LogP contribution in [0, 0.1) is 0 Å². The summed E-state index contributed by atoms with van der Waals surface area (Å²) in [5.74, 6) is -0.602. The van der Waals surface area contributed by atoms with Crippen molar-refractivity contribution in [1.29, 1.82) is 0 Å². The zero-order valence-electron chi connectivity index (χ0n) is 20.7. The van der Waals surface area contributed by atoms with Crippen molar-refractivity contribution in [3.8, 4) is 17.0 Å². The summed E-state index contributed by atoms with van der Waals surface area (Å²) < 4.78 is 7.22. The van der Waals surface area contributed by atoms with E-state index in [-0.39, 0.29) is 22.2 Å². The maximum Gasteiger partial charge on any atom is 0.276 e. The van der Waals surface area contributed by atoms with E-state index in [1.807, 2.05) is 48.7 Å². The molecule has 5 rings (SSSR count). The Hall–Kier alpha value is -4.46. The zero-order valence-corrected chi connectivity index (χ0v) is 22.2.